The normalized spacial score (nSPS) is 10.5. The number of nitro groups is 1. The van der Waals surface area contributed by atoms with Gasteiger partial charge in [0, 0.05) is 0 Å². The lowest BCUT2D eigenvalue weighted by atomic mass is 10.3. The standard InChI is InChI=1S/C10H10ClN5O3/c1-5-3-12-7(19-5)4-13-9-8(16(17)18)6(2)14-10(11)15-9/h3H,4H2,1-2H3,(H,13,14,15). The van der Waals surface area contributed by atoms with Gasteiger partial charge in [-0.25, -0.2) is 9.97 Å². The number of rotatable bonds is 4. The van der Waals surface area contributed by atoms with E-state index in [1.807, 2.05) is 0 Å². The fourth-order valence-corrected chi connectivity index (χ4v) is 1.73. The summed E-state index contributed by atoms with van der Waals surface area (Å²) < 4.78 is 5.25. The average molecular weight is 284 g/mol. The van der Waals surface area contributed by atoms with Crippen LogP contribution in [0.15, 0.2) is 10.6 Å². The summed E-state index contributed by atoms with van der Waals surface area (Å²) in [5.41, 5.74) is -0.0243. The zero-order valence-corrected chi connectivity index (χ0v) is 10.9. The molecule has 2 aromatic heterocycles. The number of nitrogens with zero attached hydrogens (tertiary/aromatic N) is 4. The molecule has 100 valence electrons. The fraction of sp³-hybridized carbons (Fsp3) is 0.300. The maximum absolute atomic E-state index is 11.0. The molecular weight excluding hydrogens is 274 g/mol. The molecule has 0 spiro atoms. The second-order valence-corrected chi connectivity index (χ2v) is 4.09. The smallest absolute Gasteiger partial charge is 0.332 e. The van der Waals surface area contributed by atoms with Gasteiger partial charge in [-0.3, -0.25) is 10.1 Å². The molecule has 0 aliphatic rings. The predicted molar refractivity (Wildman–Crippen MR) is 67.0 cm³/mol. The second kappa shape index (κ2) is 5.19. The maximum Gasteiger partial charge on any atom is 0.332 e. The number of halogens is 1. The average Bonchev–Trinajstić information content (AvgIpc) is 2.71. The van der Waals surface area contributed by atoms with Crippen LogP contribution in [0.3, 0.4) is 0 Å². The first-order chi connectivity index (χ1) is 8.97. The summed E-state index contributed by atoms with van der Waals surface area (Å²) in [6, 6.07) is 0. The molecule has 2 heterocycles. The minimum atomic E-state index is -0.561. The van der Waals surface area contributed by atoms with Crippen LogP contribution in [0.2, 0.25) is 5.28 Å². The zero-order chi connectivity index (χ0) is 14.0. The van der Waals surface area contributed by atoms with Crippen LogP contribution in [-0.4, -0.2) is 19.9 Å². The molecule has 8 nitrogen and oxygen atoms in total. The van der Waals surface area contributed by atoms with E-state index in [0.717, 1.165) is 0 Å². The second-order valence-electron chi connectivity index (χ2n) is 3.75. The summed E-state index contributed by atoms with van der Waals surface area (Å²) in [5, 5.41) is 13.7. The lowest BCUT2D eigenvalue weighted by molar-refractivity contribution is -0.385. The molecule has 0 saturated carbocycles. The van der Waals surface area contributed by atoms with Crippen molar-refractivity contribution < 1.29 is 9.34 Å². The number of oxazole rings is 1. The number of hydrogen-bond donors (Lipinski definition) is 1. The Labute approximate surface area is 113 Å². The van der Waals surface area contributed by atoms with Gasteiger partial charge in [0.15, 0.2) is 0 Å². The van der Waals surface area contributed by atoms with Crippen molar-refractivity contribution in [3.8, 4) is 0 Å². The van der Waals surface area contributed by atoms with E-state index in [4.69, 9.17) is 16.0 Å². The van der Waals surface area contributed by atoms with E-state index in [2.05, 4.69) is 20.3 Å². The van der Waals surface area contributed by atoms with E-state index in [-0.39, 0.29) is 29.0 Å². The molecule has 9 heteroatoms. The van der Waals surface area contributed by atoms with Crippen LogP contribution >= 0.6 is 11.6 Å². The molecule has 0 aromatic carbocycles. The van der Waals surface area contributed by atoms with Gasteiger partial charge in [-0.1, -0.05) is 0 Å². The first kappa shape index (κ1) is 13.2. The summed E-state index contributed by atoms with van der Waals surface area (Å²) in [6.07, 6.45) is 1.56. The van der Waals surface area contributed by atoms with Crippen molar-refractivity contribution in [1.29, 1.82) is 0 Å². The minimum absolute atomic E-state index is 0.0401. The van der Waals surface area contributed by atoms with Crippen LogP contribution in [0.5, 0.6) is 0 Å². The molecule has 0 unspecified atom stereocenters. The van der Waals surface area contributed by atoms with Crippen molar-refractivity contribution in [3.05, 3.63) is 38.9 Å². The van der Waals surface area contributed by atoms with Crippen LogP contribution in [0, 0.1) is 24.0 Å². The zero-order valence-electron chi connectivity index (χ0n) is 10.2. The minimum Gasteiger partial charge on any atom is -0.444 e. The van der Waals surface area contributed by atoms with Crippen molar-refractivity contribution in [2.75, 3.05) is 5.32 Å². The lowest BCUT2D eigenvalue weighted by Crippen LogP contribution is -2.07. The molecule has 0 bridgehead atoms. The molecule has 0 aliphatic carbocycles. The van der Waals surface area contributed by atoms with Gasteiger partial charge in [-0.15, -0.1) is 0 Å². The molecule has 0 amide bonds. The van der Waals surface area contributed by atoms with Crippen molar-refractivity contribution in [2.45, 2.75) is 20.4 Å². The van der Waals surface area contributed by atoms with E-state index >= 15 is 0 Å². The molecule has 2 rings (SSSR count). The summed E-state index contributed by atoms with van der Waals surface area (Å²) >= 11 is 5.69. The van der Waals surface area contributed by atoms with E-state index in [1.165, 1.54) is 6.92 Å². The quantitative estimate of drug-likeness (QED) is 0.521. The van der Waals surface area contributed by atoms with Crippen molar-refractivity contribution in [2.24, 2.45) is 0 Å². The number of aromatic nitrogens is 3. The lowest BCUT2D eigenvalue weighted by Gasteiger charge is -2.05. The van der Waals surface area contributed by atoms with Crippen molar-refractivity contribution >= 4 is 23.1 Å². The molecule has 0 aliphatic heterocycles. The van der Waals surface area contributed by atoms with E-state index in [1.54, 1.807) is 13.1 Å². The first-order valence-corrected chi connectivity index (χ1v) is 5.69. The van der Waals surface area contributed by atoms with Crippen molar-refractivity contribution in [3.63, 3.8) is 0 Å². The van der Waals surface area contributed by atoms with Crippen LogP contribution in [0.25, 0.3) is 0 Å². The highest BCUT2D eigenvalue weighted by Crippen LogP contribution is 2.26. The number of anilines is 1. The van der Waals surface area contributed by atoms with Gasteiger partial charge < -0.3 is 9.73 Å². The third-order valence-electron chi connectivity index (χ3n) is 2.29. The Morgan fingerprint density at radius 1 is 1.47 bits per heavy atom. The molecular formula is C10H10ClN5O3. The van der Waals surface area contributed by atoms with Crippen LogP contribution < -0.4 is 5.32 Å². The Bertz CT molecular complexity index is 628. The predicted octanol–water partition coefficient (Wildman–Crippen LogP) is 2.26. The number of hydrogen-bond acceptors (Lipinski definition) is 7. The van der Waals surface area contributed by atoms with Crippen LogP contribution in [0.1, 0.15) is 17.3 Å². The van der Waals surface area contributed by atoms with Gasteiger partial charge in [0.1, 0.15) is 11.5 Å². The van der Waals surface area contributed by atoms with Crippen LogP contribution in [-0.2, 0) is 6.54 Å². The Morgan fingerprint density at radius 3 is 2.79 bits per heavy atom. The van der Waals surface area contributed by atoms with E-state index in [9.17, 15) is 10.1 Å². The first-order valence-electron chi connectivity index (χ1n) is 5.31. The van der Waals surface area contributed by atoms with Gasteiger partial charge in [-0.05, 0) is 25.4 Å². The summed E-state index contributed by atoms with van der Waals surface area (Å²) in [6.45, 7) is 3.41. The topological polar surface area (TPSA) is 107 Å². The number of aryl methyl sites for hydroxylation is 2. The third-order valence-corrected chi connectivity index (χ3v) is 2.46. The van der Waals surface area contributed by atoms with Gasteiger partial charge in [0.2, 0.25) is 17.0 Å². The van der Waals surface area contributed by atoms with E-state index in [0.29, 0.717) is 11.7 Å². The molecule has 0 fully saturated rings. The molecule has 2 aromatic rings. The largest absolute Gasteiger partial charge is 0.444 e. The molecule has 19 heavy (non-hydrogen) atoms. The van der Waals surface area contributed by atoms with Gasteiger partial charge in [0.25, 0.3) is 0 Å². The third kappa shape index (κ3) is 2.97. The summed E-state index contributed by atoms with van der Waals surface area (Å²) in [4.78, 5) is 21.9. The van der Waals surface area contributed by atoms with Crippen LogP contribution in [0.4, 0.5) is 11.5 Å². The van der Waals surface area contributed by atoms with Gasteiger partial charge in [-0.2, -0.15) is 4.98 Å². The van der Waals surface area contributed by atoms with E-state index < -0.39 is 4.92 Å². The Morgan fingerprint density at radius 2 is 2.21 bits per heavy atom. The molecule has 0 atom stereocenters. The molecule has 1 N–H and O–H groups in total. The molecule has 0 saturated heterocycles. The highest BCUT2D eigenvalue weighted by molar-refractivity contribution is 6.28. The Balaban J connectivity index is 2.26. The Kier molecular flexibility index (Phi) is 3.61. The van der Waals surface area contributed by atoms with Gasteiger partial charge >= 0.3 is 5.69 Å². The van der Waals surface area contributed by atoms with Crippen molar-refractivity contribution in [1.82, 2.24) is 15.0 Å². The highest BCUT2D eigenvalue weighted by Gasteiger charge is 2.21. The maximum atomic E-state index is 11.0. The fourth-order valence-electron chi connectivity index (χ4n) is 1.52. The highest BCUT2D eigenvalue weighted by atomic mass is 35.5. The Hall–Kier alpha value is -2.22. The SMILES string of the molecule is Cc1cnc(CNc2nc(Cl)nc(C)c2[N+](=O)[O-])o1. The molecule has 0 radical (unpaired) electrons. The monoisotopic (exact) mass is 283 g/mol. The summed E-state index contributed by atoms with van der Waals surface area (Å²) in [7, 11) is 0. The summed E-state index contributed by atoms with van der Waals surface area (Å²) in [5.74, 6) is 1.10. The van der Waals surface area contributed by atoms with Gasteiger partial charge in [0.05, 0.1) is 17.7 Å². The number of nitrogens with one attached hydrogen (secondary N) is 1.